The largest absolute Gasteiger partial charge is 0.465 e. The van der Waals surface area contributed by atoms with E-state index in [9.17, 15) is 9.18 Å². The topological polar surface area (TPSA) is 48.0 Å². The molecule has 120 valence electrons. The number of rotatable bonds is 6. The van der Waals surface area contributed by atoms with Crippen molar-refractivity contribution in [3.63, 3.8) is 0 Å². The molecule has 0 atom stereocenters. The van der Waals surface area contributed by atoms with Gasteiger partial charge in [0.2, 0.25) is 0 Å². The zero-order valence-corrected chi connectivity index (χ0v) is 13.0. The summed E-state index contributed by atoms with van der Waals surface area (Å²) in [5, 5.41) is 0. The minimum Gasteiger partial charge on any atom is -0.465 e. The Bertz CT molecular complexity index is 566. The van der Waals surface area contributed by atoms with Crippen LogP contribution in [0, 0.1) is 11.7 Å². The Morgan fingerprint density at radius 3 is 2.50 bits per heavy atom. The molecule has 0 saturated carbocycles. The molecule has 1 aromatic carbocycles. The highest BCUT2D eigenvalue weighted by atomic mass is 19.1. The van der Waals surface area contributed by atoms with Crippen molar-refractivity contribution in [3.8, 4) is 0 Å². The number of methoxy groups -OCH3 is 3. The Morgan fingerprint density at radius 1 is 1.36 bits per heavy atom. The van der Waals surface area contributed by atoms with Gasteiger partial charge in [-0.2, -0.15) is 0 Å². The highest BCUT2D eigenvalue weighted by molar-refractivity contribution is 5.94. The van der Waals surface area contributed by atoms with Crippen LogP contribution in [0.15, 0.2) is 18.7 Å². The summed E-state index contributed by atoms with van der Waals surface area (Å²) in [7, 11) is 4.42. The summed E-state index contributed by atoms with van der Waals surface area (Å²) in [6, 6.07) is 3.14. The molecule has 0 bridgehead atoms. The SMILES string of the molecule is C=Cc1c(C(=O)OC)ccc(N2CC(C(OC)OC)C2)c1F. The van der Waals surface area contributed by atoms with Gasteiger partial charge in [-0.05, 0) is 12.1 Å². The first kappa shape index (κ1) is 16.5. The maximum atomic E-state index is 14.6. The van der Waals surface area contributed by atoms with E-state index in [1.807, 2.05) is 4.90 Å². The zero-order chi connectivity index (χ0) is 16.3. The minimum atomic E-state index is -0.583. The van der Waals surface area contributed by atoms with E-state index in [0.29, 0.717) is 18.8 Å². The molecule has 0 unspecified atom stereocenters. The van der Waals surface area contributed by atoms with E-state index in [0.717, 1.165) is 0 Å². The molecule has 0 aromatic heterocycles. The standard InChI is InChI=1S/C16H20FNO4/c1-5-11-12(15(19)20-2)6-7-13(14(11)17)18-8-10(9-18)16(21-3)22-4/h5-7,10,16H,1,8-9H2,2-4H3. The Kier molecular flexibility index (Phi) is 5.15. The normalized spacial score (nSPS) is 14.9. The smallest absolute Gasteiger partial charge is 0.338 e. The van der Waals surface area contributed by atoms with Crippen LogP contribution in [0.1, 0.15) is 15.9 Å². The Labute approximate surface area is 129 Å². The molecule has 5 nitrogen and oxygen atoms in total. The van der Waals surface area contributed by atoms with Crippen LogP contribution in [-0.4, -0.2) is 46.7 Å². The number of carbonyl (C=O) groups is 1. The number of hydrogen-bond donors (Lipinski definition) is 0. The fourth-order valence-corrected chi connectivity index (χ4v) is 2.68. The third kappa shape index (κ3) is 2.84. The van der Waals surface area contributed by atoms with Crippen LogP contribution >= 0.6 is 0 Å². The third-order valence-electron chi connectivity index (χ3n) is 3.87. The van der Waals surface area contributed by atoms with Gasteiger partial charge >= 0.3 is 5.97 Å². The third-order valence-corrected chi connectivity index (χ3v) is 3.87. The van der Waals surface area contributed by atoms with Crippen LogP contribution in [-0.2, 0) is 14.2 Å². The second kappa shape index (κ2) is 6.89. The average molecular weight is 309 g/mol. The van der Waals surface area contributed by atoms with Crippen LogP contribution in [0.5, 0.6) is 0 Å². The Hall–Kier alpha value is -1.92. The lowest BCUT2D eigenvalue weighted by Gasteiger charge is -2.43. The number of ether oxygens (including phenoxy) is 3. The fourth-order valence-electron chi connectivity index (χ4n) is 2.68. The van der Waals surface area contributed by atoms with Crippen molar-refractivity contribution in [2.45, 2.75) is 6.29 Å². The number of halogens is 1. The molecule has 0 amide bonds. The summed E-state index contributed by atoms with van der Waals surface area (Å²) in [6.45, 7) is 4.82. The molecule has 2 rings (SSSR count). The van der Waals surface area contributed by atoms with Crippen LogP contribution in [0.3, 0.4) is 0 Å². The number of benzene rings is 1. The highest BCUT2D eigenvalue weighted by Gasteiger charge is 2.35. The molecule has 1 aliphatic heterocycles. The van der Waals surface area contributed by atoms with Gasteiger partial charge in [-0.1, -0.05) is 12.7 Å². The summed E-state index contributed by atoms with van der Waals surface area (Å²) in [4.78, 5) is 13.5. The minimum absolute atomic E-state index is 0.155. The maximum Gasteiger partial charge on any atom is 0.338 e. The molecule has 0 aliphatic carbocycles. The lowest BCUT2D eigenvalue weighted by molar-refractivity contribution is -0.142. The van der Waals surface area contributed by atoms with E-state index >= 15 is 0 Å². The molecular weight excluding hydrogens is 289 g/mol. The second-order valence-corrected chi connectivity index (χ2v) is 5.06. The van der Waals surface area contributed by atoms with Crippen LogP contribution in [0.4, 0.5) is 10.1 Å². The van der Waals surface area contributed by atoms with Gasteiger partial charge in [0, 0.05) is 38.8 Å². The van der Waals surface area contributed by atoms with E-state index in [1.165, 1.54) is 13.2 Å². The summed E-state index contributed by atoms with van der Waals surface area (Å²) >= 11 is 0. The van der Waals surface area contributed by atoms with E-state index in [-0.39, 0.29) is 23.3 Å². The van der Waals surface area contributed by atoms with E-state index in [1.54, 1.807) is 26.4 Å². The highest BCUT2D eigenvalue weighted by Crippen LogP contribution is 2.33. The van der Waals surface area contributed by atoms with Crippen molar-refractivity contribution in [1.82, 2.24) is 0 Å². The van der Waals surface area contributed by atoms with E-state index < -0.39 is 11.8 Å². The number of hydrogen-bond acceptors (Lipinski definition) is 5. The van der Waals surface area contributed by atoms with Gasteiger partial charge in [-0.15, -0.1) is 0 Å². The van der Waals surface area contributed by atoms with Crippen LogP contribution in [0.2, 0.25) is 0 Å². The zero-order valence-electron chi connectivity index (χ0n) is 13.0. The first-order valence-corrected chi connectivity index (χ1v) is 6.91. The molecule has 1 saturated heterocycles. The summed E-state index contributed by atoms with van der Waals surface area (Å²) in [5.41, 5.74) is 0.759. The van der Waals surface area contributed by atoms with E-state index in [2.05, 4.69) is 11.3 Å². The molecule has 1 heterocycles. The molecule has 1 aromatic rings. The number of carbonyl (C=O) groups excluding carboxylic acids is 1. The predicted octanol–water partition coefficient (Wildman–Crippen LogP) is 2.31. The average Bonchev–Trinajstić information content (AvgIpc) is 2.50. The fraction of sp³-hybridized carbons (Fsp3) is 0.438. The molecule has 6 heteroatoms. The first-order chi connectivity index (χ1) is 10.6. The molecule has 0 spiro atoms. The monoisotopic (exact) mass is 309 g/mol. The number of esters is 1. The van der Waals surface area contributed by atoms with Gasteiger partial charge in [-0.25, -0.2) is 9.18 Å². The van der Waals surface area contributed by atoms with Gasteiger partial charge in [-0.3, -0.25) is 0 Å². The number of anilines is 1. The molecule has 1 fully saturated rings. The Balaban J connectivity index is 2.21. The van der Waals surface area contributed by atoms with Crippen molar-refractivity contribution < 1.29 is 23.4 Å². The second-order valence-electron chi connectivity index (χ2n) is 5.06. The summed E-state index contributed by atoms with van der Waals surface area (Å²) in [5.74, 6) is -0.870. The van der Waals surface area contributed by atoms with Gasteiger partial charge in [0.25, 0.3) is 0 Å². The van der Waals surface area contributed by atoms with Gasteiger partial charge in [0.1, 0.15) is 0 Å². The maximum absolute atomic E-state index is 14.6. The number of nitrogens with zero attached hydrogens (tertiary/aromatic N) is 1. The van der Waals surface area contributed by atoms with Crippen LogP contribution < -0.4 is 4.90 Å². The molecular formula is C16H20FNO4. The summed E-state index contributed by atoms with van der Waals surface area (Å²) in [6.07, 6.45) is 1.03. The van der Waals surface area contributed by atoms with Crippen molar-refractivity contribution in [2.24, 2.45) is 5.92 Å². The van der Waals surface area contributed by atoms with Gasteiger partial charge in [0.15, 0.2) is 12.1 Å². The van der Waals surface area contributed by atoms with Gasteiger partial charge in [0.05, 0.1) is 18.4 Å². The Morgan fingerprint density at radius 2 is 2.00 bits per heavy atom. The molecule has 22 heavy (non-hydrogen) atoms. The molecule has 0 N–H and O–H groups in total. The van der Waals surface area contributed by atoms with E-state index in [4.69, 9.17) is 9.47 Å². The van der Waals surface area contributed by atoms with Gasteiger partial charge < -0.3 is 19.1 Å². The van der Waals surface area contributed by atoms with Crippen LogP contribution in [0.25, 0.3) is 6.08 Å². The molecule has 0 radical (unpaired) electrons. The first-order valence-electron chi connectivity index (χ1n) is 6.91. The van der Waals surface area contributed by atoms with Crippen molar-refractivity contribution in [3.05, 3.63) is 35.7 Å². The quantitative estimate of drug-likeness (QED) is 0.596. The summed E-state index contributed by atoms with van der Waals surface area (Å²) < 4.78 is 29.7. The lowest BCUT2D eigenvalue weighted by atomic mass is 9.96. The van der Waals surface area contributed by atoms with Crippen molar-refractivity contribution >= 4 is 17.7 Å². The van der Waals surface area contributed by atoms with Crippen molar-refractivity contribution in [1.29, 1.82) is 0 Å². The lowest BCUT2D eigenvalue weighted by Crippen LogP contribution is -2.53. The van der Waals surface area contributed by atoms with Crippen molar-refractivity contribution in [2.75, 3.05) is 39.3 Å². The molecule has 1 aliphatic rings. The predicted molar refractivity (Wildman–Crippen MR) is 81.3 cm³/mol.